The molecule has 5 nitrogen and oxygen atoms in total. The maximum absolute atomic E-state index is 11.6. The Bertz CT molecular complexity index is 730. The van der Waals surface area contributed by atoms with E-state index in [-0.39, 0.29) is 5.91 Å². The third kappa shape index (κ3) is 2.81. The quantitative estimate of drug-likeness (QED) is 0.800. The second kappa shape index (κ2) is 5.40. The smallest absolute Gasteiger partial charge is 0.245 e. The molecule has 1 aliphatic rings. The molecular weight excluding hydrogens is 352 g/mol. The molecule has 0 saturated heterocycles. The van der Waals surface area contributed by atoms with Crippen molar-refractivity contribution in [2.75, 3.05) is 5.32 Å². The average Bonchev–Trinajstić information content (AvgIpc) is 2.65. The van der Waals surface area contributed by atoms with Gasteiger partial charge in [-0.15, -0.1) is 0 Å². The summed E-state index contributed by atoms with van der Waals surface area (Å²) >= 11 is 4.97. The molecule has 0 radical (unpaired) electrons. The number of nitrogens with two attached hydrogens (primary N) is 1. The highest BCUT2D eigenvalue weighted by Crippen LogP contribution is 2.39. The summed E-state index contributed by atoms with van der Waals surface area (Å²) in [5.74, 6) is -0.179. The van der Waals surface area contributed by atoms with Crippen LogP contribution in [0, 0.1) is 13.8 Å². The number of carbonyl (C=O) groups is 1. The van der Waals surface area contributed by atoms with Crippen molar-refractivity contribution in [1.29, 1.82) is 0 Å². The molecule has 0 fully saturated rings. The van der Waals surface area contributed by atoms with Crippen LogP contribution in [-0.4, -0.2) is 15.9 Å². The van der Waals surface area contributed by atoms with Gasteiger partial charge >= 0.3 is 0 Å². The molecule has 1 unspecified atom stereocenters. The molecule has 0 spiro atoms. The van der Waals surface area contributed by atoms with Gasteiger partial charge in [0.1, 0.15) is 6.04 Å². The third-order valence-electron chi connectivity index (χ3n) is 3.14. The van der Waals surface area contributed by atoms with E-state index in [1.54, 1.807) is 0 Å². The molecule has 0 saturated carbocycles. The van der Waals surface area contributed by atoms with Gasteiger partial charge in [0.15, 0.2) is 5.16 Å². The normalized spacial score (nSPS) is 16.8. The minimum atomic E-state index is -0.604. The minimum absolute atomic E-state index is 0.179. The summed E-state index contributed by atoms with van der Waals surface area (Å²) in [6.45, 7) is 3.88. The van der Waals surface area contributed by atoms with Gasteiger partial charge in [-0.3, -0.25) is 4.79 Å². The van der Waals surface area contributed by atoms with E-state index in [9.17, 15) is 4.79 Å². The summed E-state index contributed by atoms with van der Waals surface area (Å²) in [5.41, 5.74) is 9.25. The molecule has 0 aliphatic carbocycles. The predicted molar refractivity (Wildman–Crippen MR) is 85.3 cm³/mol. The predicted octanol–water partition coefficient (Wildman–Crippen LogP) is 2.96. The van der Waals surface area contributed by atoms with E-state index in [0.29, 0.717) is 5.16 Å². The van der Waals surface area contributed by atoms with Gasteiger partial charge in [-0.1, -0.05) is 0 Å². The van der Waals surface area contributed by atoms with Crippen LogP contribution in [0.25, 0.3) is 0 Å². The van der Waals surface area contributed by atoms with Gasteiger partial charge in [-0.2, -0.15) is 0 Å². The number of nitrogens with one attached hydrogen (secondary N) is 1. The summed E-state index contributed by atoms with van der Waals surface area (Å²) < 4.78 is 0.876. The summed E-state index contributed by atoms with van der Waals surface area (Å²) in [6, 6.07) is 5.10. The number of hydrogen-bond acceptors (Lipinski definition) is 5. The average molecular weight is 365 g/mol. The van der Waals surface area contributed by atoms with Gasteiger partial charge < -0.3 is 11.1 Å². The molecule has 1 atom stereocenters. The zero-order valence-corrected chi connectivity index (χ0v) is 13.9. The summed E-state index contributed by atoms with van der Waals surface area (Å²) in [6.07, 6.45) is 0. The van der Waals surface area contributed by atoms with Crippen LogP contribution < -0.4 is 11.1 Å². The Morgan fingerprint density at radius 1 is 1.24 bits per heavy atom. The summed E-state index contributed by atoms with van der Waals surface area (Å²) in [7, 11) is 0. The number of rotatable bonds is 2. The van der Waals surface area contributed by atoms with Crippen LogP contribution in [0.2, 0.25) is 0 Å². The van der Waals surface area contributed by atoms with Gasteiger partial charge in [0.25, 0.3) is 0 Å². The van der Waals surface area contributed by atoms with Gasteiger partial charge in [-0.25, -0.2) is 9.97 Å². The van der Waals surface area contributed by atoms with Crippen LogP contribution in [0.3, 0.4) is 0 Å². The second-order valence-electron chi connectivity index (χ2n) is 4.87. The number of carbonyl (C=O) groups excluding carboxylic acids is 1. The highest BCUT2D eigenvalue weighted by atomic mass is 79.9. The maximum atomic E-state index is 11.6. The van der Waals surface area contributed by atoms with Gasteiger partial charge in [0, 0.05) is 32.0 Å². The maximum Gasteiger partial charge on any atom is 0.245 e. The lowest BCUT2D eigenvalue weighted by molar-refractivity contribution is -0.116. The number of amides is 1. The fourth-order valence-electron chi connectivity index (χ4n) is 2.20. The van der Waals surface area contributed by atoms with E-state index < -0.39 is 6.04 Å². The number of nitrogens with zero attached hydrogens (tertiary/aromatic N) is 2. The zero-order chi connectivity index (χ0) is 15.1. The minimum Gasteiger partial charge on any atom is -0.324 e. The van der Waals surface area contributed by atoms with Crippen LogP contribution in [0.15, 0.2) is 32.7 Å². The second-order valence-corrected chi connectivity index (χ2v) is 6.74. The molecule has 3 N–H and O–H groups in total. The number of anilines is 1. The molecule has 0 bridgehead atoms. The first-order valence-corrected chi connectivity index (χ1v) is 7.95. The summed E-state index contributed by atoms with van der Waals surface area (Å²) in [5, 5.41) is 3.47. The van der Waals surface area contributed by atoms with E-state index in [1.165, 1.54) is 11.8 Å². The van der Waals surface area contributed by atoms with Crippen LogP contribution in [0.5, 0.6) is 0 Å². The lowest BCUT2D eigenvalue weighted by atomic mass is 10.1. The molecule has 2 heterocycles. The summed E-state index contributed by atoms with van der Waals surface area (Å²) in [4.78, 5) is 21.4. The van der Waals surface area contributed by atoms with Gasteiger partial charge in [0.05, 0.1) is 0 Å². The van der Waals surface area contributed by atoms with Crippen LogP contribution in [0.4, 0.5) is 5.69 Å². The van der Waals surface area contributed by atoms with Crippen molar-refractivity contribution in [3.63, 3.8) is 0 Å². The van der Waals surface area contributed by atoms with Crippen LogP contribution >= 0.6 is 27.7 Å². The Hall–Kier alpha value is -1.44. The van der Waals surface area contributed by atoms with Crippen molar-refractivity contribution in [1.82, 2.24) is 9.97 Å². The standard InChI is InChI=1S/C14H13BrN4OS/c1-6-3-7(2)18-14(17-6)21-11-5-10-8(4-9(11)15)12(16)13(20)19-10/h3-5,12H,16H2,1-2H3,(H,19,20). The number of halogens is 1. The van der Waals surface area contributed by atoms with Crippen LogP contribution in [0.1, 0.15) is 23.0 Å². The van der Waals surface area contributed by atoms with E-state index in [4.69, 9.17) is 5.73 Å². The lowest BCUT2D eigenvalue weighted by Gasteiger charge is -2.08. The highest BCUT2D eigenvalue weighted by molar-refractivity contribution is 9.10. The molecule has 2 aromatic rings. The molecule has 1 amide bonds. The van der Waals surface area contributed by atoms with Crippen molar-refractivity contribution >= 4 is 39.3 Å². The largest absolute Gasteiger partial charge is 0.324 e. The number of aromatic nitrogens is 2. The molecule has 108 valence electrons. The van der Waals surface area contributed by atoms with Crippen molar-refractivity contribution in [2.45, 2.75) is 29.9 Å². The van der Waals surface area contributed by atoms with Crippen molar-refractivity contribution < 1.29 is 4.79 Å². The lowest BCUT2D eigenvalue weighted by Crippen LogP contribution is -2.19. The Labute approximate surface area is 134 Å². The third-order valence-corrected chi connectivity index (χ3v) is 4.98. The molecule has 1 aliphatic heterocycles. The first kappa shape index (κ1) is 14.5. The van der Waals surface area contributed by atoms with E-state index in [0.717, 1.165) is 32.0 Å². The van der Waals surface area contributed by atoms with E-state index >= 15 is 0 Å². The molecule has 7 heteroatoms. The zero-order valence-electron chi connectivity index (χ0n) is 11.5. The monoisotopic (exact) mass is 364 g/mol. The Morgan fingerprint density at radius 2 is 1.90 bits per heavy atom. The first-order valence-electron chi connectivity index (χ1n) is 6.34. The molecule has 21 heavy (non-hydrogen) atoms. The van der Waals surface area contributed by atoms with E-state index in [1.807, 2.05) is 32.0 Å². The Kier molecular flexibility index (Phi) is 3.73. The number of fused-ring (bicyclic) bond motifs is 1. The topological polar surface area (TPSA) is 80.9 Å². The van der Waals surface area contributed by atoms with Crippen molar-refractivity contribution in [2.24, 2.45) is 5.73 Å². The number of hydrogen-bond donors (Lipinski definition) is 2. The van der Waals surface area contributed by atoms with Crippen molar-refractivity contribution in [3.8, 4) is 0 Å². The SMILES string of the molecule is Cc1cc(C)nc(Sc2cc3c(cc2Br)C(N)C(=O)N3)n1. The Morgan fingerprint density at radius 3 is 2.57 bits per heavy atom. The van der Waals surface area contributed by atoms with Crippen LogP contribution in [-0.2, 0) is 4.79 Å². The fourth-order valence-corrected chi connectivity index (χ4v) is 3.71. The fraction of sp³-hybridized carbons (Fsp3) is 0.214. The number of benzene rings is 1. The molecule has 1 aromatic heterocycles. The number of aryl methyl sites for hydroxylation is 2. The van der Waals surface area contributed by atoms with Gasteiger partial charge in [-0.05, 0) is 59.7 Å². The molecule has 1 aromatic carbocycles. The van der Waals surface area contributed by atoms with Crippen molar-refractivity contribution in [3.05, 3.63) is 39.6 Å². The Balaban J connectivity index is 1.97. The first-order chi connectivity index (χ1) is 9.94. The van der Waals surface area contributed by atoms with E-state index in [2.05, 4.69) is 31.2 Å². The highest BCUT2D eigenvalue weighted by Gasteiger charge is 2.28. The molecular formula is C14H13BrN4OS. The van der Waals surface area contributed by atoms with Gasteiger partial charge in [0.2, 0.25) is 5.91 Å². The molecule has 3 rings (SSSR count).